The number of alkyl halides is 4. The molecular formula is C10H11F5N2O. The van der Waals surface area contributed by atoms with E-state index in [9.17, 15) is 22.0 Å². The lowest BCUT2D eigenvalue weighted by molar-refractivity contribution is -0.149. The molecule has 0 bridgehead atoms. The summed E-state index contributed by atoms with van der Waals surface area (Å²) >= 11 is 0. The van der Waals surface area contributed by atoms with Crippen molar-refractivity contribution in [3.8, 4) is 5.88 Å². The van der Waals surface area contributed by atoms with Crippen molar-refractivity contribution in [3.63, 3.8) is 0 Å². The van der Waals surface area contributed by atoms with Gasteiger partial charge < -0.3 is 10.1 Å². The summed E-state index contributed by atoms with van der Waals surface area (Å²) in [6.45, 7) is -1.49. The third kappa shape index (κ3) is 3.52. The van der Waals surface area contributed by atoms with Crippen molar-refractivity contribution >= 4 is 0 Å². The fourth-order valence-electron chi connectivity index (χ4n) is 1.12. The normalized spacial score (nSPS) is 11.9. The number of pyridine rings is 1. The zero-order valence-corrected chi connectivity index (χ0v) is 9.39. The van der Waals surface area contributed by atoms with Crippen LogP contribution in [0.4, 0.5) is 22.0 Å². The lowest BCUT2D eigenvalue weighted by Crippen LogP contribution is -2.34. The van der Waals surface area contributed by atoms with Crippen LogP contribution >= 0.6 is 0 Å². The van der Waals surface area contributed by atoms with E-state index in [0.717, 1.165) is 6.20 Å². The number of hydrogen-bond acceptors (Lipinski definition) is 3. The summed E-state index contributed by atoms with van der Waals surface area (Å²) in [5.41, 5.74) is 0.142. The summed E-state index contributed by atoms with van der Waals surface area (Å²) in [6, 6.07) is 1.32. The quantitative estimate of drug-likeness (QED) is 0.805. The fourth-order valence-corrected chi connectivity index (χ4v) is 1.12. The summed E-state index contributed by atoms with van der Waals surface area (Å²) in [4.78, 5) is 3.38. The first-order valence-electron chi connectivity index (χ1n) is 4.95. The first-order valence-corrected chi connectivity index (χ1v) is 4.95. The van der Waals surface area contributed by atoms with Gasteiger partial charge in [0.25, 0.3) is 5.88 Å². The molecule has 8 heteroatoms. The molecule has 0 atom stereocenters. The number of rotatable bonds is 6. The average molecular weight is 270 g/mol. The second-order valence-corrected chi connectivity index (χ2v) is 3.47. The molecule has 18 heavy (non-hydrogen) atoms. The number of aromatic nitrogens is 1. The van der Waals surface area contributed by atoms with E-state index in [4.69, 9.17) is 0 Å². The van der Waals surface area contributed by atoms with E-state index < -0.39 is 30.7 Å². The molecule has 1 heterocycles. The molecular weight excluding hydrogens is 259 g/mol. The van der Waals surface area contributed by atoms with Gasteiger partial charge in [0.15, 0.2) is 12.4 Å². The summed E-state index contributed by atoms with van der Waals surface area (Å²) in [6.07, 6.45) is -2.73. The Balaban J connectivity index is 2.77. The highest BCUT2D eigenvalue weighted by Gasteiger charge is 2.42. The first-order chi connectivity index (χ1) is 8.38. The Bertz CT molecular complexity index is 400. The third-order valence-electron chi connectivity index (χ3n) is 2.03. The van der Waals surface area contributed by atoms with Gasteiger partial charge in [-0.3, -0.25) is 0 Å². The van der Waals surface area contributed by atoms with Gasteiger partial charge in [-0.15, -0.1) is 0 Å². The van der Waals surface area contributed by atoms with Crippen molar-refractivity contribution in [3.05, 3.63) is 23.6 Å². The summed E-state index contributed by atoms with van der Waals surface area (Å²) in [5.74, 6) is -6.01. The van der Waals surface area contributed by atoms with Gasteiger partial charge in [-0.2, -0.15) is 8.78 Å². The van der Waals surface area contributed by atoms with Crippen LogP contribution in [0.5, 0.6) is 5.88 Å². The highest BCUT2D eigenvalue weighted by Crippen LogP contribution is 2.25. The van der Waals surface area contributed by atoms with E-state index in [0.29, 0.717) is 0 Å². The molecule has 0 aliphatic heterocycles. The second-order valence-electron chi connectivity index (χ2n) is 3.47. The predicted octanol–water partition coefficient (Wildman–Crippen LogP) is 2.22. The minimum absolute atomic E-state index is 0.135. The average Bonchev–Trinajstić information content (AvgIpc) is 2.30. The van der Waals surface area contributed by atoms with Gasteiger partial charge in [0.05, 0.1) is 0 Å². The molecule has 0 saturated carbocycles. The fraction of sp³-hybridized carbons (Fsp3) is 0.500. The maximum Gasteiger partial charge on any atom is 0.340 e. The zero-order valence-electron chi connectivity index (χ0n) is 9.39. The minimum Gasteiger partial charge on any atom is -0.469 e. The van der Waals surface area contributed by atoms with E-state index in [-0.39, 0.29) is 12.1 Å². The SMILES string of the molecule is CNCc1ccnc(OCC(F)(F)C(F)F)c1F. The van der Waals surface area contributed by atoms with Crippen LogP contribution in [0.15, 0.2) is 12.3 Å². The van der Waals surface area contributed by atoms with E-state index >= 15 is 0 Å². The summed E-state index contributed by atoms with van der Waals surface area (Å²) in [7, 11) is 1.56. The Labute approximate surface area is 100.0 Å². The van der Waals surface area contributed by atoms with Gasteiger partial charge in [0.2, 0.25) is 0 Å². The molecule has 0 aliphatic rings. The van der Waals surface area contributed by atoms with Crippen LogP contribution in [-0.2, 0) is 6.54 Å². The van der Waals surface area contributed by atoms with E-state index in [2.05, 4.69) is 15.0 Å². The lowest BCUT2D eigenvalue weighted by atomic mass is 10.2. The van der Waals surface area contributed by atoms with Crippen LogP contribution in [0.2, 0.25) is 0 Å². The second kappa shape index (κ2) is 5.94. The Morgan fingerprint density at radius 2 is 2.11 bits per heavy atom. The molecule has 1 aromatic rings. The number of hydrogen-bond donors (Lipinski definition) is 1. The first kappa shape index (κ1) is 14.6. The van der Waals surface area contributed by atoms with Gasteiger partial charge in [0.1, 0.15) is 0 Å². The van der Waals surface area contributed by atoms with E-state index in [1.807, 2.05) is 0 Å². The smallest absolute Gasteiger partial charge is 0.340 e. The molecule has 102 valence electrons. The van der Waals surface area contributed by atoms with Crippen molar-refractivity contribution in [2.45, 2.75) is 18.9 Å². The Morgan fingerprint density at radius 3 is 2.67 bits per heavy atom. The van der Waals surface area contributed by atoms with Gasteiger partial charge in [-0.25, -0.2) is 18.2 Å². The molecule has 0 aromatic carbocycles. The highest BCUT2D eigenvalue weighted by atomic mass is 19.3. The van der Waals surface area contributed by atoms with E-state index in [1.54, 1.807) is 7.05 Å². The van der Waals surface area contributed by atoms with Crippen molar-refractivity contribution < 1.29 is 26.7 Å². The lowest BCUT2D eigenvalue weighted by Gasteiger charge is -2.16. The maximum atomic E-state index is 13.6. The molecule has 0 aliphatic carbocycles. The van der Waals surface area contributed by atoms with E-state index in [1.165, 1.54) is 6.07 Å². The highest BCUT2D eigenvalue weighted by molar-refractivity contribution is 5.23. The number of halogens is 5. The monoisotopic (exact) mass is 270 g/mol. The summed E-state index contributed by atoms with van der Waals surface area (Å²) in [5, 5.41) is 2.65. The molecule has 0 radical (unpaired) electrons. The van der Waals surface area contributed by atoms with Crippen LogP contribution in [0.25, 0.3) is 0 Å². The van der Waals surface area contributed by atoms with Gasteiger partial charge >= 0.3 is 12.3 Å². The topological polar surface area (TPSA) is 34.2 Å². The largest absolute Gasteiger partial charge is 0.469 e. The molecule has 1 rings (SSSR count). The standard InChI is InChI=1S/C10H11F5N2O/c1-16-4-6-2-3-17-8(7(6)11)18-5-10(14,15)9(12)13/h2-3,9,16H,4-5H2,1H3. The zero-order chi connectivity index (χ0) is 13.8. The Hall–Kier alpha value is -1.44. The van der Waals surface area contributed by atoms with Crippen molar-refractivity contribution in [1.82, 2.24) is 10.3 Å². The van der Waals surface area contributed by atoms with Gasteiger partial charge in [0, 0.05) is 18.3 Å². The third-order valence-corrected chi connectivity index (χ3v) is 2.03. The molecule has 0 unspecified atom stereocenters. The molecule has 0 fully saturated rings. The number of nitrogens with zero attached hydrogens (tertiary/aromatic N) is 1. The number of nitrogens with one attached hydrogen (secondary N) is 1. The van der Waals surface area contributed by atoms with Crippen LogP contribution < -0.4 is 10.1 Å². The van der Waals surface area contributed by atoms with Crippen LogP contribution in [0.1, 0.15) is 5.56 Å². The number of ether oxygens (including phenoxy) is 1. The molecule has 0 saturated heterocycles. The van der Waals surface area contributed by atoms with Gasteiger partial charge in [-0.05, 0) is 13.1 Å². The molecule has 1 N–H and O–H groups in total. The van der Waals surface area contributed by atoms with Crippen molar-refractivity contribution in [2.24, 2.45) is 0 Å². The Morgan fingerprint density at radius 1 is 1.44 bits per heavy atom. The molecule has 1 aromatic heterocycles. The van der Waals surface area contributed by atoms with Gasteiger partial charge in [-0.1, -0.05) is 0 Å². The Kier molecular flexibility index (Phi) is 4.83. The molecule has 3 nitrogen and oxygen atoms in total. The van der Waals surface area contributed by atoms with Crippen molar-refractivity contribution in [2.75, 3.05) is 13.7 Å². The summed E-state index contributed by atoms with van der Waals surface area (Å²) < 4.78 is 66.8. The minimum atomic E-state index is -4.34. The maximum absolute atomic E-state index is 13.6. The van der Waals surface area contributed by atoms with Crippen LogP contribution in [0, 0.1) is 5.82 Å². The van der Waals surface area contributed by atoms with Crippen molar-refractivity contribution in [1.29, 1.82) is 0 Å². The van der Waals surface area contributed by atoms with Crippen LogP contribution in [-0.4, -0.2) is 31.0 Å². The molecule has 0 spiro atoms. The van der Waals surface area contributed by atoms with Crippen LogP contribution in [0.3, 0.4) is 0 Å². The molecule has 0 amide bonds. The predicted molar refractivity (Wildman–Crippen MR) is 53.4 cm³/mol.